The van der Waals surface area contributed by atoms with Crippen molar-refractivity contribution in [2.75, 3.05) is 26.2 Å². The maximum Gasteiger partial charge on any atom is 0.223 e. The molecule has 3 rings (SSSR count). The van der Waals surface area contributed by atoms with Gasteiger partial charge in [0.05, 0.1) is 12.3 Å². The van der Waals surface area contributed by atoms with E-state index < -0.39 is 10.0 Å². The zero-order chi connectivity index (χ0) is 22.4. The van der Waals surface area contributed by atoms with E-state index in [1.165, 1.54) is 9.87 Å². The zero-order valence-corrected chi connectivity index (χ0v) is 19.5. The molecule has 0 aromatic heterocycles. The fourth-order valence-corrected chi connectivity index (χ4v) is 5.33. The molecule has 8 heteroatoms. The Morgan fingerprint density at radius 3 is 2.48 bits per heavy atom. The van der Waals surface area contributed by atoms with Crippen molar-refractivity contribution in [3.05, 3.63) is 64.2 Å². The van der Waals surface area contributed by atoms with Gasteiger partial charge in [-0.3, -0.25) is 4.79 Å². The van der Waals surface area contributed by atoms with Gasteiger partial charge < -0.3 is 10.1 Å². The minimum atomic E-state index is -3.42. The van der Waals surface area contributed by atoms with Crippen molar-refractivity contribution >= 4 is 27.5 Å². The lowest BCUT2D eigenvalue weighted by molar-refractivity contribution is -0.126. The van der Waals surface area contributed by atoms with Gasteiger partial charge in [0, 0.05) is 24.0 Å². The standard InChI is InChI=1S/C23H29ClN2O4S/c1-17-4-3-5-22(18(17)2)30-15-12-25-23(27)20-10-13-26(14-11-20)31(28,29)16-19-6-8-21(24)9-7-19/h3-9,20H,10-16H2,1-2H3,(H,25,27). The predicted octanol–water partition coefficient (Wildman–Crippen LogP) is 3.69. The normalized spacial score (nSPS) is 15.6. The molecule has 31 heavy (non-hydrogen) atoms. The van der Waals surface area contributed by atoms with E-state index in [0.717, 1.165) is 11.3 Å². The van der Waals surface area contributed by atoms with Gasteiger partial charge in [-0.25, -0.2) is 12.7 Å². The highest BCUT2D eigenvalue weighted by molar-refractivity contribution is 7.88. The maximum atomic E-state index is 12.7. The van der Waals surface area contributed by atoms with E-state index >= 15 is 0 Å². The van der Waals surface area contributed by atoms with Crippen LogP contribution in [0.15, 0.2) is 42.5 Å². The molecular formula is C23H29ClN2O4S. The summed E-state index contributed by atoms with van der Waals surface area (Å²) < 4.78 is 32.6. The molecule has 1 N–H and O–H groups in total. The minimum absolute atomic E-state index is 0.0423. The summed E-state index contributed by atoms with van der Waals surface area (Å²) in [5.74, 6) is 0.548. The average molecular weight is 465 g/mol. The molecule has 1 aliphatic heterocycles. The van der Waals surface area contributed by atoms with Crippen molar-refractivity contribution < 1.29 is 17.9 Å². The van der Waals surface area contributed by atoms with Crippen molar-refractivity contribution in [2.45, 2.75) is 32.4 Å². The average Bonchev–Trinajstić information content (AvgIpc) is 2.75. The number of ether oxygens (including phenoxy) is 1. The van der Waals surface area contributed by atoms with Gasteiger partial charge in [-0.2, -0.15) is 0 Å². The molecule has 2 aromatic rings. The number of aryl methyl sites for hydroxylation is 1. The third-order valence-electron chi connectivity index (χ3n) is 5.69. The first-order valence-electron chi connectivity index (χ1n) is 10.5. The molecule has 0 aliphatic carbocycles. The van der Waals surface area contributed by atoms with Gasteiger partial charge in [-0.1, -0.05) is 35.9 Å². The molecule has 0 atom stereocenters. The summed E-state index contributed by atoms with van der Waals surface area (Å²) in [6, 6.07) is 12.7. The summed E-state index contributed by atoms with van der Waals surface area (Å²) in [4.78, 5) is 12.5. The number of carbonyl (C=O) groups excluding carboxylic acids is 1. The van der Waals surface area contributed by atoms with Crippen LogP contribution in [0.2, 0.25) is 5.02 Å². The highest BCUT2D eigenvalue weighted by Gasteiger charge is 2.31. The van der Waals surface area contributed by atoms with E-state index in [1.54, 1.807) is 24.3 Å². The summed E-state index contributed by atoms with van der Waals surface area (Å²) >= 11 is 5.86. The Hall–Kier alpha value is -2.09. The van der Waals surface area contributed by atoms with Gasteiger partial charge in [0.15, 0.2) is 0 Å². The van der Waals surface area contributed by atoms with Crippen molar-refractivity contribution in [3.63, 3.8) is 0 Å². The summed E-state index contributed by atoms with van der Waals surface area (Å²) in [6.07, 6.45) is 1.03. The van der Waals surface area contributed by atoms with Crippen LogP contribution in [0.4, 0.5) is 0 Å². The molecule has 0 unspecified atom stereocenters. The Morgan fingerprint density at radius 1 is 1.13 bits per heavy atom. The van der Waals surface area contributed by atoms with Crippen molar-refractivity contribution in [1.82, 2.24) is 9.62 Å². The SMILES string of the molecule is Cc1cccc(OCCNC(=O)C2CCN(S(=O)(=O)Cc3ccc(Cl)cc3)CC2)c1C. The quantitative estimate of drug-likeness (QED) is 0.604. The van der Waals surface area contributed by atoms with Crippen LogP contribution in [0, 0.1) is 19.8 Å². The molecule has 6 nitrogen and oxygen atoms in total. The van der Waals surface area contributed by atoms with Crippen LogP contribution in [0.1, 0.15) is 29.5 Å². The van der Waals surface area contributed by atoms with Gasteiger partial charge in [-0.15, -0.1) is 0 Å². The summed E-state index contributed by atoms with van der Waals surface area (Å²) in [6.45, 7) is 5.57. The fourth-order valence-electron chi connectivity index (χ4n) is 3.64. The second-order valence-electron chi connectivity index (χ2n) is 7.89. The lowest BCUT2D eigenvalue weighted by atomic mass is 9.97. The molecule has 1 amide bonds. The van der Waals surface area contributed by atoms with Crippen LogP contribution in [0.25, 0.3) is 0 Å². The van der Waals surface area contributed by atoms with E-state index in [2.05, 4.69) is 5.32 Å². The third kappa shape index (κ3) is 6.45. The minimum Gasteiger partial charge on any atom is -0.491 e. The summed E-state index contributed by atoms with van der Waals surface area (Å²) in [5, 5.41) is 3.49. The number of amides is 1. The van der Waals surface area contributed by atoms with Crippen LogP contribution in [0.5, 0.6) is 5.75 Å². The second kappa shape index (κ2) is 10.5. The lowest BCUT2D eigenvalue weighted by Gasteiger charge is -2.30. The van der Waals surface area contributed by atoms with Gasteiger partial charge >= 0.3 is 0 Å². The van der Waals surface area contributed by atoms with Crippen molar-refractivity contribution in [3.8, 4) is 5.75 Å². The topological polar surface area (TPSA) is 75.7 Å². The Labute approximate surface area is 189 Å². The number of benzene rings is 2. The van der Waals surface area contributed by atoms with E-state index in [0.29, 0.717) is 49.7 Å². The summed E-state index contributed by atoms with van der Waals surface area (Å²) in [7, 11) is -3.42. The number of sulfonamides is 1. The van der Waals surface area contributed by atoms with Crippen molar-refractivity contribution in [1.29, 1.82) is 0 Å². The molecule has 1 aliphatic rings. The highest BCUT2D eigenvalue weighted by atomic mass is 35.5. The largest absolute Gasteiger partial charge is 0.491 e. The predicted molar refractivity (Wildman–Crippen MR) is 123 cm³/mol. The molecule has 0 radical (unpaired) electrons. The van der Waals surface area contributed by atoms with Gasteiger partial charge in [0.25, 0.3) is 0 Å². The van der Waals surface area contributed by atoms with Crippen molar-refractivity contribution in [2.24, 2.45) is 5.92 Å². The van der Waals surface area contributed by atoms with Crippen LogP contribution in [-0.2, 0) is 20.6 Å². The van der Waals surface area contributed by atoms with E-state index in [9.17, 15) is 13.2 Å². The number of nitrogens with one attached hydrogen (secondary N) is 1. The molecular weight excluding hydrogens is 436 g/mol. The number of carbonyl (C=O) groups is 1. The maximum absolute atomic E-state index is 12.7. The molecule has 1 fully saturated rings. The zero-order valence-electron chi connectivity index (χ0n) is 17.9. The first-order chi connectivity index (χ1) is 14.8. The number of hydrogen-bond acceptors (Lipinski definition) is 4. The Kier molecular flexibility index (Phi) is 7.97. The van der Waals surface area contributed by atoms with Crippen LogP contribution in [-0.4, -0.2) is 44.9 Å². The van der Waals surface area contributed by atoms with Gasteiger partial charge in [0.1, 0.15) is 12.4 Å². The number of nitrogens with zero attached hydrogens (tertiary/aromatic N) is 1. The molecule has 0 spiro atoms. The van der Waals surface area contributed by atoms with E-state index in [1.807, 2.05) is 32.0 Å². The molecule has 0 bridgehead atoms. The number of rotatable bonds is 8. The van der Waals surface area contributed by atoms with Crippen LogP contribution >= 0.6 is 11.6 Å². The molecule has 168 valence electrons. The first-order valence-corrected chi connectivity index (χ1v) is 12.4. The molecule has 2 aromatic carbocycles. The van der Waals surface area contributed by atoms with Gasteiger partial charge in [-0.05, 0) is 61.6 Å². The van der Waals surface area contributed by atoms with Gasteiger partial charge in [0.2, 0.25) is 15.9 Å². The first kappa shape index (κ1) is 23.6. The van der Waals surface area contributed by atoms with E-state index in [4.69, 9.17) is 16.3 Å². The monoisotopic (exact) mass is 464 g/mol. The summed E-state index contributed by atoms with van der Waals surface area (Å²) in [5.41, 5.74) is 2.97. The number of piperidine rings is 1. The number of hydrogen-bond donors (Lipinski definition) is 1. The fraction of sp³-hybridized carbons (Fsp3) is 0.435. The second-order valence-corrected chi connectivity index (χ2v) is 10.3. The Morgan fingerprint density at radius 2 is 1.81 bits per heavy atom. The molecule has 1 heterocycles. The molecule has 1 saturated heterocycles. The Bertz CT molecular complexity index is 1000. The van der Waals surface area contributed by atoms with Crippen LogP contribution in [0.3, 0.4) is 0 Å². The highest BCUT2D eigenvalue weighted by Crippen LogP contribution is 2.23. The van der Waals surface area contributed by atoms with E-state index in [-0.39, 0.29) is 17.6 Å². The lowest BCUT2D eigenvalue weighted by Crippen LogP contribution is -2.43. The smallest absolute Gasteiger partial charge is 0.223 e. The molecule has 0 saturated carbocycles. The third-order valence-corrected chi connectivity index (χ3v) is 7.80. The number of halogens is 1. The van der Waals surface area contributed by atoms with Crippen LogP contribution < -0.4 is 10.1 Å². The Balaban J connectivity index is 1.42.